The lowest BCUT2D eigenvalue weighted by molar-refractivity contribution is -0.139. The summed E-state index contributed by atoms with van der Waals surface area (Å²) in [6.45, 7) is 0. The number of hydrogen-bond donors (Lipinski definition) is 0. The number of alkyl halides is 6. The van der Waals surface area contributed by atoms with Gasteiger partial charge in [0, 0.05) is 32.9 Å². The Morgan fingerprint density at radius 2 is 0.800 bits per heavy atom. The first-order valence-electron chi connectivity index (χ1n) is 15.3. The smallest absolute Gasteiger partial charge is 0.309 e. The van der Waals surface area contributed by atoms with Gasteiger partial charge in [0.05, 0.1) is 56.5 Å². The summed E-state index contributed by atoms with van der Waals surface area (Å²) in [5, 5.41) is 21.8. The zero-order valence-corrected chi connectivity index (χ0v) is 25.6. The molecule has 0 radical (unpaired) electrons. The van der Waals surface area contributed by atoms with Crippen LogP contribution in [0.5, 0.6) is 0 Å². The average Bonchev–Trinajstić information content (AvgIpc) is 3.62. The van der Waals surface area contributed by atoms with Gasteiger partial charge >= 0.3 is 12.4 Å². The number of aromatic nitrogens is 2. The summed E-state index contributed by atoms with van der Waals surface area (Å²) in [4.78, 5) is 0. The van der Waals surface area contributed by atoms with Crippen LogP contribution in [0.25, 0.3) is 66.1 Å². The van der Waals surface area contributed by atoms with Crippen molar-refractivity contribution in [1.29, 1.82) is 10.5 Å². The zero-order valence-electron chi connectivity index (χ0n) is 25.6. The van der Waals surface area contributed by atoms with E-state index < -0.39 is 34.6 Å². The molecule has 0 atom stereocenters. The summed E-state index contributed by atoms with van der Waals surface area (Å²) in [7, 11) is 0. The van der Waals surface area contributed by atoms with E-state index in [1.807, 2.05) is 12.1 Å². The monoisotopic (exact) mass is 670 g/mol. The van der Waals surface area contributed by atoms with Crippen LogP contribution in [0.1, 0.15) is 22.3 Å². The van der Waals surface area contributed by atoms with Crippen LogP contribution in [0.15, 0.2) is 121 Å². The van der Waals surface area contributed by atoms with Crippen molar-refractivity contribution in [2.24, 2.45) is 0 Å². The molecule has 2 heterocycles. The van der Waals surface area contributed by atoms with Gasteiger partial charge in [0.1, 0.15) is 0 Å². The number of para-hydroxylation sites is 2. The predicted molar refractivity (Wildman–Crippen MR) is 180 cm³/mol. The van der Waals surface area contributed by atoms with Crippen LogP contribution < -0.4 is 0 Å². The van der Waals surface area contributed by atoms with Crippen LogP contribution in [-0.4, -0.2) is 9.13 Å². The van der Waals surface area contributed by atoms with Crippen LogP contribution in [0.3, 0.4) is 0 Å². The molecule has 50 heavy (non-hydrogen) atoms. The Labute approximate surface area is 279 Å². The molecule has 0 aliphatic rings. The topological polar surface area (TPSA) is 57.4 Å². The fourth-order valence-electron chi connectivity index (χ4n) is 6.92. The summed E-state index contributed by atoms with van der Waals surface area (Å²) in [6, 6.07) is 34.7. The first-order valence-corrected chi connectivity index (χ1v) is 15.3. The Balaban J connectivity index is 1.44. The molecular formula is C40H20F6N4. The minimum atomic E-state index is -4.99. The van der Waals surface area contributed by atoms with Crippen LogP contribution in [0, 0.1) is 22.7 Å². The second kappa shape index (κ2) is 11.0. The van der Waals surface area contributed by atoms with E-state index in [-0.39, 0.29) is 11.4 Å². The Kier molecular flexibility index (Phi) is 6.78. The van der Waals surface area contributed by atoms with Crippen molar-refractivity contribution in [2.75, 3.05) is 0 Å². The third-order valence-corrected chi connectivity index (χ3v) is 9.03. The highest BCUT2D eigenvalue weighted by Gasteiger charge is 2.39. The van der Waals surface area contributed by atoms with E-state index in [0.29, 0.717) is 44.0 Å². The second-order valence-corrected chi connectivity index (χ2v) is 11.8. The number of nitrogens with zero attached hydrogens (tertiary/aromatic N) is 4. The maximum absolute atomic E-state index is 14.7. The van der Waals surface area contributed by atoms with Crippen molar-refractivity contribution >= 4 is 43.6 Å². The van der Waals surface area contributed by atoms with E-state index in [9.17, 15) is 36.9 Å². The molecule has 10 heteroatoms. The molecule has 0 aliphatic carbocycles. The molecule has 0 aliphatic heterocycles. The third kappa shape index (κ3) is 4.76. The highest BCUT2D eigenvalue weighted by Crippen LogP contribution is 2.46. The highest BCUT2D eigenvalue weighted by molar-refractivity contribution is 6.10. The molecule has 0 spiro atoms. The van der Waals surface area contributed by atoms with E-state index >= 15 is 0 Å². The van der Waals surface area contributed by atoms with E-state index in [0.717, 1.165) is 35.0 Å². The minimum Gasteiger partial charge on any atom is -0.309 e. The molecule has 0 saturated heterocycles. The molecule has 6 aromatic carbocycles. The van der Waals surface area contributed by atoms with Crippen LogP contribution >= 0.6 is 0 Å². The van der Waals surface area contributed by atoms with Gasteiger partial charge in [-0.05, 0) is 96.1 Å². The van der Waals surface area contributed by atoms with Crippen molar-refractivity contribution in [3.63, 3.8) is 0 Å². The fourth-order valence-corrected chi connectivity index (χ4v) is 6.92. The molecule has 0 unspecified atom stereocenters. The normalized spacial score (nSPS) is 12.2. The summed E-state index contributed by atoms with van der Waals surface area (Å²) < 4.78 is 91.8. The number of hydrogen-bond acceptors (Lipinski definition) is 2. The Bertz CT molecular complexity index is 2580. The number of halogens is 6. The molecular weight excluding hydrogens is 650 g/mol. The van der Waals surface area contributed by atoms with Gasteiger partial charge in [0.15, 0.2) is 0 Å². The van der Waals surface area contributed by atoms with Gasteiger partial charge in [0.2, 0.25) is 0 Å². The van der Waals surface area contributed by atoms with Crippen LogP contribution in [0.2, 0.25) is 0 Å². The number of benzene rings is 6. The first kappa shape index (κ1) is 30.8. The Hall–Kier alpha value is -6.52. The summed E-state index contributed by atoms with van der Waals surface area (Å²) >= 11 is 0. The minimum absolute atomic E-state index is 0.211. The lowest BCUT2D eigenvalue weighted by Crippen LogP contribution is -2.12. The van der Waals surface area contributed by atoms with Gasteiger partial charge in [-0.25, -0.2) is 0 Å². The molecule has 0 N–H and O–H groups in total. The van der Waals surface area contributed by atoms with Crippen molar-refractivity contribution < 1.29 is 26.3 Å². The van der Waals surface area contributed by atoms with Gasteiger partial charge in [0.25, 0.3) is 0 Å². The molecule has 2 aromatic heterocycles. The highest BCUT2D eigenvalue weighted by atomic mass is 19.4. The van der Waals surface area contributed by atoms with E-state index in [4.69, 9.17) is 0 Å². The van der Waals surface area contributed by atoms with Gasteiger partial charge in [-0.3, -0.25) is 0 Å². The zero-order chi connectivity index (χ0) is 34.9. The van der Waals surface area contributed by atoms with Gasteiger partial charge in [-0.1, -0.05) is 36.4 Å². The number of fused-ring (bicyclic) bond motifs is 6. The Morgan fingerprint density at radius 1 is 0.420 bits per heavy atom. The molecule has 4 nitrogen and oxygen atoms in total. The lowest BCUT2D eigenvalue weighted by Gasteiger charge is -2.21. The number of nitriles is 2. The maximum Gasteiger partial charge on any atom is 0.417 e. The van der Waals surface area contributed by atoms with Gasteiger partial charge < -0.3 is 9.13 Å². The van der Waals surface area contributed by atoms with Gasteiger partial charge in [-0.15, -0.1) is 0 Å². The summed E-state index contributed by atoms with van der Waals surface area (Å²) in [5.74, 6) is 0. The maximum atomic E-state index is 14.7. The Morgan fingerprint density at radius 3 is 1.18 bits per heavy atom. The lowest BCUT2D eigenvalue weighted by atomic mass is 9.93. The van der Waals surface area contributed by atoms with Crippen LogP contribution in [0.4, 0.5) is 26.3 Å². The first-order chi connectivity index (χ1) is 24.0. The van der Waals surface area contributed by atoms with E-state index in [1.54, 1.807) is 81.9 Å². The molecule has 0 saturated carbocycles. The summed E-state index contributed by atoms with van der Waals surface area (Å²) in [6.07, 6.45) is -9.98. The van der Waals surface area contributed by atoms with Crippen molar-refractivity contribution in [3.8, 4) is 34.6 Å². The standard InChI is InChI=1S/C40H20F6N4/c41-39(42,43)33-13-11-25(49-35-7-3-1-5-27(35)31-17-23(21-47)9-15-37(31)49)19-29(33)30-20-26(12-14-34(30)40(44,45)46)50-36-8-4-2-6-28(36)32-18-24(22-48)10-16-38(32)50/h1-20H. The van der Waals surface area contributed by atoms with E-state index in [1.165, 1.54) is 12.1 Å². The summed E-state index contributed by atoms with van der Waals surface area (Å²) in [5.41, 5.74) is -0.187. The second-order valence-electron chi connectivity index (χ2n) is 11.8. The molecule has 0 fully saturated rings. The SMILES string of the molecule is N#Cc1ccc2c(c1)c1ccccc1n2-c1ccc(C(F)(F)F)c(-c2cc(-n3c4ccccc4c4cc(C#N)ccc43)ccc2C(F)(F)F)c1. The molecule has 0 amide bonds. The average molecular weight is 671 g/mol. The fraction of sp³-hybridized carbons (Fsp3) is 0.0500. The predicted octanol–water partition coefficient (Wildman–Crippen LogP) is 11.3. The number of rotatable bonds is 3. The largest absolute Gasteiger partial charge is 0.417 e. The molecule has 8 rings (SSSR count). The van der Waals surface area contributed by atoms with Crippen molar-refractivity contribution in [2.45, 2.75) is 12.4 Å². The third-order valence-electron chi connectivity index (χ3n) is 9.03. The van der Waals surface area contributed by atoms with Crippen molar-refractivity contribution in [3.05, 3.63) is 144 Å². The van der Waals surface area contributed by atoms with Crippen LogP contribution in [-0.2, 0) is 12.4 Å². The van der Waals surface area contributed by atoms with Gasteiger partial charge in [-0.2, -0.15) is 36.9 Å². The molecule has 0 bridgehead atoms. The molecule has 242 valence electrons. The quantitative estimate of drug-likeness (QED) is 0.176. The van der Waals surface area contributed by atoms with Crippen molar-refractivity contribution in [1.82, 2.24) is 9.13 Å². The molecule has 8 aromatic rings. The van der Waals surface area contributed by atoms with E-state index in [2.05, 4.69) is 12.1 Å².